The number of aliphatic hydroxyl groups excluding tert-OH is 2. The van der Waals surface area contributed by atoms with Crippen molar-refractivity contribution in [1.29, 1.82) is 0 Å². The number of ether oxygens (including phenoxy) is 1. The number of nitrogens with zero attached hydrogens (tertiary/aromatic N) is 3. The molecule has 5 rings (SSSR count). The van der Waals surface area contributed by atoms with Gasteiger partial charge in [-0.25, -0.2) is 18.1 Å². The van der Waals surface area contributed by atoms with Crippen molar-refractivity contribution in [2.45, 2.75) is 76.0 Å². The van der Waals surface area contributed by atoms with Gasteiger partial charge in [0, 0.05) is 17.1 Å². The Balaban J connectivity index is 1.47. The second-order valence-corrected chi connectivity index (χ2v) is 14.8. The highest BCUT2D eigenvalue weighted by atomic mass is 32.2. The molecule has 3 aliphatic rings. The topological polar surface area (TPSA) is 184 Å². The molecule has 37 heavy (non-hydrogen) atoms. The molecule has 2 saturated carbocycles. The summed E-state index contributed by atoms with van der Waals surface area (Å²) in [6, 6.07) is 2.18. The van der Waals surface area contributed by atoms with Gasteiger partial charge < -0.3 is 30.1 Å². The molecule has 12 nitrogen and oxygen atoms in total. The third-order valence-electron chi connectivity index (χ3n) is 7.14. The quantitative estimate of drug-likeness (QED) is 0.244. The first-order valence-corrected chi connectivity index (χ1v) is 15.9. The summed E-state index contributed by atoms with van der Waals surface area (Å²) in [5.41, 5.74) is 0.259. The molecule has 0 unspecified atom stereocenters. The summed E-state index contributed by atoms with van der Waals surface area (Å²) in [4.78, 5) is 22.8. The molecule has 1 saturated heterocycles. The highest BCUT2D eigenvalue weighted by Crippen LogP contribution is 2.44. The van der Waals surface area contributed by atoms with Crippen molar-refractivity contribution in [2.24, 2.45) is 5.41 Å². The number of aromatic nitrogens is 3. The van der Waals surface area contributed by atoms with Crippen molar-refractivity contribution in [3.05, 3.63) is 18.0 Å². The first-order valence-electron chi connectivity index (χ1n) is 12.3. The molecular formula is C23H31N4O8PS. The number of rotatable bonds is 7. The Morgan fingerprint density at radius 1 is 1.24 bits per heavy atom. The van der Waals surface area contributed by atoms with Gasteiger partial charge >= 0.3 is 7.60 Å². The molecule has 0 amide bonds. The second kappa shape index (κ2) is 9.61. The Kier molecular flexibility index (Phi) is 6.90. The van der Waals surface area contributed by atoms with Gasteiger partial charge in [-0.2, -0.15) is 5.10 Å². The fraction of sp³-hybridized carbons (Fsp3) is 0.652. The van der Waals surface area contributed by atoms with E-state index in [2.05, 4.69) is 34.2 Å². The lowest BCUT2D eigenvalue weighted by Crippen LogP contribution is -2.36. The van der Waals surface area contributed by atoms with Crippen LogP contribution in [0.15, 0.2) is 12.3 Å². The van der Waals surface area contributed by atoms with Crippen molar-refractivity contribution in [3.8, 4) is 11.8 Å². The summed E-state index contributed by atoms with van der Waals surface area (Å²) in [6.45, 7) is 2.09. The Morgan fingerprint density at radius 2 is 1.95 bits per heavy atom. The lowest BCUT2D eigenvalue weighted by Gasteiger charge is -2.17. The van der Waals surface area contributed by atoms with Crippen LogP contribution in [0.4, 0.5) is 5.69 Å². The van der Waals surface area contributed by atoms with Crippen LogP contribution in [0.5, 0.6) is 0 Å². The van der Waals surface area contributed by atoms with E-state index in [9.17, 15) is 23.2 Å². The fourth-order valence-corrected chi connectivity index (χ4v) is 8.08. The lowest BCUT2D eigenvalue weighted by atomic mass is 10.1. The molecule has 0 spiro atoms. The third-order valence-corrected chi connectivity index (χ3v) is 10.9. The van der Waals surface area contributed by atoms with Crippen molar-refractivity contribution in [1.82, 2.24) is 14.8 Å². The molecule has 0 aromatic carbocycles. The third kappa shape index (κ3) is 6.01. The molecule has 3 fully saturated rings. The molecule has 1 aliphatic heterocycles. The summed E-state index contributed by atoms with van der Waals surface area (Å²) >= 11 is 0. The first kappa shape index (κ1) is 26.6. The van der Waals surface area contributed by atoms with E-state index >= 15 is 0 Å². The summed E-state index contributed by atoms with van der Waals surface area (Å²) in [5.74, 6) is 5.54. The number of aliphatic hydroxyl groups is 2. The minimum Gasteiger partial charge on any atom is -0.387 e. The number of nitrogens with one attached hydrogen (secondary N) is 1. The minimum absolute atomic E-state index is 0.0173. The van der Waals surface area contributed by atoms with Gasteiger partial charge in [-0.1, -0.05) is 18.8 Å². The lowest BCUT2D eigenvalue weighted by molar-refractivity contribution is -0.0364. The van der Waals surface area contributed by atoms with Crippen LogP contribution in [0.3, 0.4) is 0 Å². The Hall–Kier alpha value is -2.04. The molecule has 3 heterocycles. The van der Waals surface area contributed by atoms with Crippen molar-refractivity contribution < 1.29 is 37.7 Å². The van der Waals surface area contributed by atoms with Gasteiger partial charge in [0.1, 0.15) is 24.0 Å². The van der Waals surface area contributed by atoms with E-state index in [1.165, 1.54) is 4.68 Å². The number of hydrogen-bond donors (Lipinski definition) is 5. The largest absolute Gasteiger partial charge is 0.387 e. The summed E-state index contributed by atoms with van der Waals surface area (Å²) in [5, 5.41) is 29.8. The Bertz CT molecular complexity index is 1400. The van der Waals surface area contributed by atoms with Crippen molar-refractivity contribution >= 4 is 34.2 Å². The highest BCUT2D eigenvalue weighted by molar-refractivity contribution is 7.97. The number of sulfone groups is 1. The smallest absolute Gasteiger partial charge is 0.340 e. The van der Waals surface area contributed by atoms with Gasteiger partial charge in [0.05, 0.1) is 17.3 Å². The maximum atomic E-state index is 12.2. The summed E-state index contributed by atoms with van der Waals surface area (Å²) < 4.78 is 42.7. The van der Waals surface area contributed by atoms with E-state index in [0.29, 0.717) is 22.8 Å². The average molecular weight is 555 g/mol. The van der Waals surface area contributed by atoms with E-state index in [-0.39, 0.29) is 5.41 Å². The van der Waals surface area contributed by atoms with Crippen LogP contribution in [-0.4, -0.2) is 78.8 Å². The van der Waals surface area contributed by atoms with Crippen LogP contribution in [0.25, 0.3) is 11.0 Å². The van der Waals surface area contributed by atoms with Crippen molar-refractivity contribution in [3.63, 3.8) is 0 Å². The molecule has 4 atom stereocenters. The number of pyridine rings is 1. The van der Waals surface area contributed by atoms with Crippen LogP contribution < -0.4 is 5.32 Å². The molecular weight excluding hydrogens is 523 g/mol. The van der Waals surface area contributed by atoms with Gasteiger partial charge in [-0.15, -0.1) is 0 Å². The highest BCUT2D eigenvalue weighted by Gasteiger charge is 2.47. The Labute approximate surface area is 214 Å². The maximum absolute atomic E-state index is 12.2. The van der Waals surface area contributed by atoms with Crippen LogP contribution >= 0.6 is 7.60 Å². The molecule has 0 radical (unpaired) electrons. The molecule has 0 bridgehead atoms. The van der Waals surface area contributed by atoms with Crippen LogP contribution in [-0.2, 0) is 19.1 Å². The standard InChI is InChI=1S/C23H31N4O8PS/c1-23(8-9-23)7-6-15-10-17(25-14-4-2-3-5-14)16-11-24-27(21(16)26-15)22-20(29)19(28)18(35-22)12-37(33,34)13-36(30,31)32/h10-11,14,18-20,22,28-29H,2-5,8-9,12-13H2,1H3,(H,25,26)(H2,30,31,32)/t18-,19-,20-,22-/m1/s1. The van der Waals surface area contributed by atoms with E-state index in [1.54, 1.807) is 6.20 Å². The molecule has 2 aliphatic carbocycles. The van der Waals surface area contributed by atoms with Crippen LogP contribution in [0.2, 0.25) is 0 Å². The zero-order chi connectivity index (χ0) is 26.6. The van der Waals surface area contributed by atoms with E-state index in [1.807, 2.05) is 6.07 Å². The van der Waals surface area contributed by atoms with Crippen molar-refractivity contribution in [2.75, 3.05) is 16.6 Å². The number of fused-ring (bicyclic) bond motifs is 1. The van der Waals surface area contributed by atoms with Crippen LogP contribution in [0, 0.1) is 17.3 Å². The first-order chi connectivity index (χ1) is 17.3. The van der Waals surface area contributed by atoms with Gasteiger partial charge in [-0.3, -0.25) is 4.57 Å². The minimum atomic E-state index is -4.85. The molecule has 2 aromatic heterocycles. The SMILES string of the molecule is CC1(C#Cc2cc(NC3CCCC3)c3cnn([C@@H]4O[C@H](CS(=O)(=O)CP(=O)(O)O)[C@@H](O)[C@H]4O)c3n2)CC1. The summed E-state index contributed by atoms with van der Waals surface area (Å²) in [7, 11) is -9.14. The number of anilines is 1. The maximum Gasteiger partial charge on any atom is 0.340 e. The molecule has 2 aromatic rings. The van der Waals surface area contributed by atoms with Crippen LogP contribution in [0.1, 0.15) is 57.4 Å². The van der Waals surface area contributed by atoms with Gasteiger partial charge in [-0.05, 0) is 44.6 Å². The zero-order valence-corrected chi connectivity index (χ0v) is 22.0. The second-order valence-electron chi connectivity index (χ2n) is 10.6. The molecule has 14 heteroatoms. The predicted octanol–water partition coefficient (Wildman–Crippen LogP) is 1.11. The monoisotopic (exact) mass is 554 g/mol. The van der Waals surface area contributed by atoms with Gasteiger partial charge in [0.2, 0.25) is 0 Å². The van der Waals surface area contributed by atoms with E-state index in [4.69, 9.17) is 14.5 Å². The average Bonchev–Trinajstić information content (AvgIpc) is 3.13. The number of hydrogen-bond acceptors (Lipinski definition) is 9. The Morgan fingerprint density at radius 3 is 2.59 bits per heavy atom. The van der Waals surface area contributed by atoms with Gasteiger partial charge in [0.15, 0.2) is 27.2 Å². The molecule has 5 N–H and O–H groups in total. The zero-order valence-electron chi connectivity index (χ0n) is 20.3. The van der Waals surface area contributed by atoms with E-state index < -0.39 is 53.2 Å². The fourth-order valence-electron chi connectivity index (χ4n) is 4.83. The normalized spacial score (nSPS) is 27.8. The predicted molar refractivity (Wildman–Crippen MR) is 134 cm³/mol. The summed E-state index contributed by atoms with van der Waals surface area (Å²) in [6.07, 6.45) is 2.14. The van der Waals surface area contributed by atoms with Gasteiger partial charge in [0.25, 0.3) is 0 Å². The van der Waals surface area contributed by atoms with E-state index in [0.717, 1.165) is 44.2 Å². The molecule has 202 valence electrons.